The van der Waals surface area contributed by atoms with Crippen molar-refractivity contribution in [3.8, 4) is 0 Å². The Bertz CT molecular complexity index is 612. The molecule has 1 fully saturated rings. The molecule has 0 saturated carbocycles. The highest BCUT2D eigenvalue weighted by molar-refractivity contribution is 7.97. The Labute approximate surface area is 150 Å². The third kappa shape index (κ3) is 6.12. The van der Waals surface area contributed by atoms with Gasteiger partial charge in [0.15, 0.2) is 21.7 Å². The molecule has 0 aromatic rings. The van der Waals surface area contributed by atoms with Crippen molar-refractivity contribution >= 4 is 26.8 Å². The predicted octanol–water partition coefficient (Wildman–Crippen LogP) is 2.18. The van der Waals surface area contributed by atoms with Crippen LogP contribution < -0.4 is 0 Å². The van der Waals surface area contributed by atoms with Crippen molar-refractivity contribution < 1.29 is 62.0 Å². The lowest BCUT2D eigenvalue weighted by Gasteiger charge is -2.34. The van der Waals surface area contributed by atoms with Crippen LogP contribution in [0, 0.1) is 0 Å². The summed E-state index contributed by atoms with van der Waals surface area (Å²) in [5.41, 5.74) is 0. The van der Waals surface area contributed by atoms with Gasteiger partial charge in [0.2, 0.25) is 0 Å². The van der Waals surface area contributed by atoms with E-state index in [0.29, 0.717) is 16.7 Å². The summed E-state index contributed by atoms with van der Waals surface area (Å²) in [5, 5.41) is -7.11. The molecule has 1 aliphatic heterocycles. The van der Waals surface area contributed by atoms with Crippen LogP contribution in [0.2, 0.25) is 0 Å². The first-order chi connectivity index (χ1) is 11.8. The Hall–Kier alpha value is -0.740. The molecule has 1 rings (SSSR count). The van der Waals surface area contributed by atoms with E-state index in [1.54, 1.807) is 6.92 Å². The molecule has 1 heterocycles. The van der Waals surface area contributed by atoms with E-state index in [0.717, 1.165) is 30.5 Å². The van der Waals surface area contributed by atoms with E-state index in [1.807, 2.05) is 0 Å². The van der Waals surface area contributed by atoms with Gasteiger partial charge in [0.25, 0.3) is 0 Å². The van der Waals surface area contributed by atoms with Crippen LogP contribution in [0.5, 0.6) is 0 Å². The van der Waals surface area contributed by atoms with Gasteiger partial charge in [0.1, 0.15) is 11.5 Å². The maximum atomic E-state index is 12.2. The fourth-order valence-electron chi connectivity index (χ4n) is 1.51. The molecule has 0 unspecified atom stereocenters. The Morgan fingerprint density at radius 2 is 1.37 bits per heavy atom. The molecule has 0 aliphatic carbocycles. The summed E-state index contributed by atoms with van der Waals surface area (Å²) in [4.78, 5) is 10.7. The Kier molecular flexibility index (Phi) is 8.49. The predicted molar refractivity (Wildman–Crippen MR) is 74.1 cm³/mol. The summed E-state index contributed by atoms with van der Waals surface area (Å²) < 4.78 is 141. The molecule has 5 nitrogen and oxygen atoms in total. The van der Waals surface area contributed by atoms with Crippen LogP contribution in [0.15, 0.2) is 0 Å². The SMILES string of the molecule is CC(=O)C[S+]1CCOCC1.O=S(=O)([O-])C(F)(F)C(F)(F)C(F)(F)C(F)(F)F. The minimum absolute atomic E-state index is 0.324. The first-order valence-electron chi connectivity index (χ1n) is 6.66. The van der Waals surface area contributed by atoms with Crippen LogP contribution >= 0.6 is 0 Å². The second-order valence-electron chi connectivity index (χ2n) is 5.10. The molecule has 16 heteroatoms. The van der Waals surface area contributed by atoms with Crippen LogP contribution in [0.4, 0.5) is 39.5 Å². The maximum Gasteiger partial charge on any atom is 0.460 e. The van der Waals surface area contributed by atoms with Gasteiger partial charge in [0, 0.05) is 0 Å². The Morgan fingerprint density at radius 3 is 1.67 bits per heavy atom. The van der Waals surface area contributed by atoms with Gasteiger partial charge >= 0.3 is 23.3 Å². The van der Waals surface area contributed by atoms with E-state index in [-0.39, 0.29) is 0 Å². The summed E-state index contributed by atoms with van der Waals surface area (Å²) in [5.74, 6) is -11.5. The van der Waals surface area contributed by atoms with Gasteiger partial charge < -0.3 is 9.29 Å². The number of halogens is 9. The summed E-state index contributed by atoms with van der Waals surface area (Å²) >= 11 is 0. The van der Waals surface area contributed by atoms with Gasteiger partial charge in [-0.15, -0.1) is 0 Å². The first-order valence-corrected chi connectivity index (χ1v) is 9.80. The zero-order valence-electron chi connectivity index (χ0n) is 13.3. The van der Waals surface area contributed by atoms with Crippen LogP contribution in [0.3, 0.4) is 0 Å². The highest BCUT2D eigenvalue weighted by Gasteiger charge is 2.83. The largest absolute Gasteiger partial charge is 0.743 e. The average Bonchev–Trinajstić information content (AvgIpc) is 2.45. The molecule has 0 aromatic carbocycles. The summed E-state index contributed by atoms with van der Waals surface area (Å²) in [6, 6.07) is 0. The van der Waals surface area contributed by atoms with E-state index in [4.69, 9.17) is 4.74 Å². The van der Waals surface area contributed by atoms with E-state index in [1.165, 1.54) is 0 Å². The summed E-state index contributed by atoms with van der Waals surface area (Å²) in [6.45, 7) is 3.38. The molecule has 0 aromatic heterocycles. The fraction of sp³-hybridized carbons (Fsp3) is 0.909. The number of hydrogen-bond donors (Lipinski definition) is 0. The summed E-state index contributed by atoms with van der Waals surface area (Å²) in [6.07, 6.45) is -7.16. The van der Waals surface area contributed by atoms with E-state index >= 15 is 0 Å². The lowest BCUT2D eigenvalue weighted by molar-refractivity contribution is -0.382. The number of ether oxygens (including phenoxy) is 1. The van der Waals surface area contributed by atoms with Crippen molar-refractivity contribution in [1.82, 2.24) is 0 Å². The molecule has 27 heavy (non-hydrogen) atoms. The molecule has 0 atom stereocenters. The molecule has 0 radical (unpaired) electrons. The molecular weight excluding hydrogens is 447 g/mol. The van der Waals surface area contributed by atoms with Gasteiger partial charge in [-0.25, -0.2) is 8.42 Å². The van der Waals surface area contributed by atoms with Gasteiger partial charge in [-0.3, -0.25) is 4.79 Å². The van der Waals surface area contributed by atoms with Crippen LogP contribution in [-0.2, 0) is 30.5 Å². The minimum Gasteiger partial charge on any atom is -0.743 e. The number of Topliss-reactive ketones (excluding diaryl/α,β-unsaturated/α-hetero) is 1. The normalized spacial score (nSPS) is 17.9. The molecule has 162 valence electrons. The molecule has 0 spiro atoms. The lowest BCUT2D eigenvalue weighted by atomic mass is 10.1. The van der Waals surface area contributed by atoms with Crippen LogP contribution in [0.1, 0.15) is 6.92 Å². The van der Waals surface area contributed by atoms with Gasteiger partial charge in [-0.1, -0.05) is 0 Å². The first kappa shape index (κ1) is 26.3. The van der Waals surface area contributed by atoms with Gasteiger partial charge in [-0.2, -0.15) is 39.5 Å². The quantitative estimate of drug-likeness (QED) is 0.357. The number of ketones is 1. The van der Waals surface area contributed by atoms with E-state index < -0.39 is 33.4 Å². The molecular formula is C11H13F9O5S2. The van der Waals surface area contributed by atoms with Crippen molar-refractivity contribution in [2.75, 3.05) is 30.5 Å². The van der Waals surface area contributed by atoms with Crippen molar-refractivity contribution in [3.05, 3.63) is 0 Å². The lowest BCUT2D eigenvalue weighted by Crippen LogP contribution is -2.63. The third-order valence-electron chi connectivity index (χ3n) is 2.87. The summed E-state index contributed by atoms with van der Waals surface area (Å²) in [7, 11) is -7.07. The van der Waals surface area contributed by atoms with Crippen molar-refractivity contribution in [2.24, 2.45) is 0 Å². The zero-order valence-corrected chi connectivity index (χ0v) is 14.9. The van der Waals surface area contributed by atoms with Crippen LogP contribution in [-0.4, -0.2) is 72.5 Å². The van der Waals surface area contributed by atoms with E-state index in [2.05, 4.69) is 0 Å². The van der Waals surface area contributed by atoms with Crippen molar-refractivity contribution in [3.63, 3.8) is 0 Å². The Balaban J connectivity index is 0.000000569. The van der Waals surface area contributed by atoms with Crippen molar-refractivity contribution in [1.29, 1.82) is 0 Å². The Morgan fingerprint density at radius 1 is 0.963 bits per heavy atom. The number of hydrogen-bond acceptors (Lipinski definition) is 5. The van der Waals surface area contributed by atoms with Gasteiger partial charge in [0.05, 0.1) is 13.2 Å². The molecule has 0 amide bonds. The second kappa shape index (κ2) is 8.73. The number of rotatable bonds is 5. The molecule has 0 N–H and O–H groups in total. The highest BCUT2D eigenvalue weighted by atomic mass is 32.2. The topological polar surface area (TPSA) is 83.5 Å². The molecule has 1 saturated heterocycles. The van der Waals surface area contributed by atoms with Crippen LogP contribution in [0.25, 0.3) is 0 Å². The third-order valence-corrected chi connectivity index (χ3v) is 6.06. The van der Waals surface area contributed by atoms with Gasteiger partial charge in [-0.05, 0) is 17.8 Å². The molecule has 0 bridgehead atoms. The standard InChI is InChI=1S/C7H13O2S.C4HF9O3S/c1-7(8)6-10-4-2-9-3-5-10;5-1(6,3(9,10)11)2(7,8)4(12,13)17(14,15)16/h2-6H2,1H3;(H,14,15,16)/q+1;/p-1. The zero-order chi connectivity index (χ0) is 21.9. The maximum absolute atomic E-state index is 12.2. The van der Waals surface area contributed by atoms with E-state index in [9.17, 15) is 57.3 Å². The minimum atomic E-state index is -7.43. The highest BCUT2D eigenvalue weighted by Crippen LogP contribution is 2.54. The number of carbonyl (C=O) groups is 1. The average molecular weight is 460 g/mol. The monoisotopic (exact) mass is 460 g/mol. The number of alkyl halides is 9. The fourth-order valence-corrected chi connectivity index (χ4v) is 3.72. The smallest absolute Gasteiger partial charge is 0.460 e. The second-order valence-corrected chi connectivity index (χ2v) is 8.85. The molecule has 1 aliphatic rings. The number of carbonyl (C=O) groups excluding carboxylic acids is 1. The van der Waals surface area contributed by atoms with Crippen molar-refractivity contribution in [2.45, 2.75) is 30.2 Å².